The summed E-state index contributed by atoms with van der Waals surface area (Å²) in [5.74, 6) is -1.97. The summed E-state index contributed by atoms with van der Waals surface area (Å²) in [4.78, 5) is 29.1. The lowest BCUT2D eigenvalue weighted by molar-refractivity contribution is -0.141. The Balaban J connectivity index is 1.74. The van der Waals surface area contributed by atoms with E-state index >= 15 is 0 Å². The molecule has 208 valence electrons. The van der Waals surface area contributed by atoms with Gasteiger partial charge in [0.05, 0.1) is 16.2 Å². The van der Waals surface area contributed by atoms with Gasteiger partial charge in [-0.3, -0.25) is 4.79 Å². The molecule has 4 rings (SSSR count). The number of hydrogen-bond donors (Lipinski definition) is 2. The van der Waals surface area contributed by atoms with Gasteiger partial charge in [0, 0.05) is 35.6 Å². The first-order chi connectivity index (χ1) is 18.8. The molecular weight excluding hydrogens is 549 g/mol. The second-order valence-corrected chi connectivity index (χ2v) is 10.8. The first-order valence-electron chi connectivity index (χ1n) is 11.8. The molecule has 0 spiro atoms. The Kier molecular flexibility index (Phi) is 7.96. The third-order valence-electron chi connectivity index (χ3n) is 5.84. The largest absolute Gasteiger partial charge is 0.416 e. The zero-order chi connectivity index (χ0) is 29.1. The lowest BCUT2D eigenvalue weighted by atomic mass is 10.1. The van der Waals surface area contributed by atoms with Gasteiger partial charge in [-0.05, 0) is 42.5 Å². The zero-order valence-electron chi connectivity index (χ0n) is 21.0. The second kappa shape index (κ2) is 11.2. The van der Waals surface area contributed by atoms with Crippen LogP contribution in [0.4, 0.5) is 18.9 Å². The van der Waals surface area contributed by atoms with Crippen LogP contribution < -0.4 is 11.1 Å². The number of nitrogens with zero attached hydrogens (tertiary/aromatic N) is 2. The van der Waals surface area contributed by atoms with Crippen molar-refractivity contribution in [2.45, 2.75) is 24.5 Å². The number of aromatic nitrogens is 1. The molecule has 1 amide bonds. The Bertz CT molecular complexity index is 1720. The minimum atomic E-state index is -4.61. The molecule has 0 saturated heterocycles. The van der Waals surface area contributed by atoms with Gasteiger partial charge in [0.1, 0.15) is 5.69 Å². The molecule has 1 aromatic heterocycles. The van der Waals surface area contributed by atoms with E-state index in [0.717, 1.165) is 25.1 Å². The van der Waals surface area contributed by atoms with Gasteiger partial charge in [0.25, 0.3) is 5.91 Å². The van der Waals surface area contributed by atoms with E-state index in [1.54, 1.807) is 30.3 Å². The quantitative estimate of drug-likeness (QED) is 0.138. The number of nitrogens with one attached hydrogen (secondary N) is 1. The number of carbonyl (C=O) groups is 2. The molecule has 0 unspecified atom stereocenters. The maximum Gasteiger partial charge on any atom is 0.416 e. The fraction of sp³-hybridized carbons (Fsp3) is 0.148. The number of oxime groups is 1. The number of carbonyl (C=O) groups excluding carboxylic acids is 2. The highest BCUT2D eigenvalue weighted by Crippen LogP contribution is 2.31. The number of amidine groups is 1. The average Bonchev–Trinajstić information content (AvgIpc) is 3.29. The second-order valence-electron chi connectivity index (χ2n) is 8.68. The van der Waals surface area contributed by atoms with Crippen LogP contribution in [0.5, 0.6) is 0 Å². The number of benzene rings is 3. The van der Waals surface area contributed by atoms with Crippen molar-refractivity contribution in [2.75, 3.05) is 11.1 Å². The van der Waals surface area contributed by atoms with Crippen molar-refractivity contribution in [1.29, 1.82) is 0 Å². The minimum absolute atomic E-state index is 0.00307. The van der Waals surface area contributed by atoms with Gasteiger partial charge >= 0.3 is 12.1 Å². The van der Waals surface area contributed by atoms with Crippen molar-refractivity contribution < 1.29 is 36.0 Å². The van der Waals surface area contributed by atoms with E-state index in [1.165, 1.54) is 34.9 Å². The fourth-order valence-corrected chi connectivity index (χ4v) is 5.16. The lowest BCUT2D eigenvalue weighted by Gasteiger charge is -2.13. The monoisotopic (exact) mass is 572 g/mol. The number of anilines is 1. The summed E-state index contributed by atoms with van der Waals surface area (Å²) in [5.41, 5.74) is 5.61. The van der Waals surface area contributed by atoms with Crippen LogP contribution in [0.2, 0.25) is 0 Å². The summed E-state index contributed by atoms with van der Waals surface area (Å²) in [6, 6.07) is 18.1. The van der Waals surface area contributed by atoms with Gasteiger partial charge in [0.2, 0.25) is 0 Å². The van der Waals surface area contributed by atoms with Gasteiger partial charge in [-0.15, -0.1) is 0 Å². The Morgan fingerprint density at radius 2 is 1.73 bits per heavy atom. The molecule has 3 aromatic carbocycles. The van der Waals surface area contributed by atoms with Crippen molar-refractivity contribution >= 4 is 44.1 Å². The molecule has 0 aliphatic rings. The van der Waals surface area contributed by atoms with E-state index in [4.69, 9.17) is 5.73 Å². The summed E-state index contributed by atoms with van der Waals surface area (Å²) >= 11 is 0. The number of rotatable bonds is 8. The van der Waals surface area contributed by atoms with Crippen molar-refractivity contribution in [3.05, 3.63) is 95.7 Å². The number of aryl methyl sites for hydroxylation is 1. The number of nitrogens with two attached hydrogens (primary N) is 1. The molecular formula is C27H23F3N4O5S. The highest BCUT2D eigenvalue weighted by molar-refractivity contribution is 7.91. The maximum atomic E-state index is 13.3. The van der Waals surface area contributed by atoms with Gasteiger partial charge in [-0.25, -0.2) is 13.2 Å². The van der Waals surface area contributed by atoms with E-state index in [1.807, 2.05) is 0 Å². The molecule has 0 aliphatic heterocycles. The molecule has 4 aromatic rings. The summed E-state index contributed by atoms with van der Waals surface area (Å²) in [7, 11) is -3.76. The van der Waals surface area contributed by atoms with Gasteiger partial charge < -0.3 is 20.5 Å². The predicted octanol–water partition coefficient (Wildman–Crippen LogP) is 4.57. The van der Waals surface area contributed by atoms with Crippen LogP contribution in [-0.4, -0.2) is 36.4 Å². The molecule has 3 N–H and O–H groups in total. The van der Waals surface area contributed by atoms with Crippen molar-refractivity contribution in [3.8, 4) is 0 Å². The van der Waals surface area contributed by atoms with Crippen LogP contribution >= 0.6 is 0 Å². The van der Waals surface area contributed by atoms with Gasteiger partial charge in [-0.1, -0.05) is 41.6 Å². The highest BCUT2D eigenvalue weighted by Gasteiger charge is 2.30. The fourth-order valence-electron chi connectivity index (χ4n) is 3.93. The highest BCUT2D eigenvalue weighted by atomic mass is 32.2. The number of amides is 1. The molecule has 0 aliphatic carbocycles. The maximum absolute atomic E-state index is 13.3. The molecule has 13 heteroatoms. The van der Waals surface area contributed by atoms with Crippen molar-refractivity contribution in [3.63, 3.8) is 0 Å². The summed E-state index contributed by atoms with van der Waals surface area (Å²) in [6.45, 7) is 0.976. The van der Waals surface area contributed by atoms with Crippen molar-refractivity contribution in [2.24, 2.45) is 10.9 Å². The van der Waals surface area contributed by atoms with Crippen LogP contribution in [0, 0.1) is 0 Å². The van der Waals surface area contributed by atoms with E-state index in [9.17, 15) is 31.2 Å². The van der Waals surface area contributed by atoms with Crippen LogP contribution in [0.25, 0.3) is 10.9 Å². The van der Waals surface area contributed by atoms with Crippen LogP contribution in [0.1, 0.15) is 28.5 Å². The molecule has 0 atom stereocenters. The third kappa shape index (κ3) is 6.49. The van der Waals surface area contributed by atoms with Crippen LogP contribution in [0.15, 0.2) is 88.9 Å². The van der Waals surface area contributed by atoms with E-state index in [2.05, 4.69) is 15.3 Å². The molecule has 0 saturated carbocycles. The first-order valence-corrected chi connectivity index (χ1v) is 13.4. The number of sulfone groups is 1. The molecule has 0 bridgehead atoms. The number of hydrogen-bond acceptors (Lipinski definition) is 6. The van der Waals surface area contributed by atoms with Crippen molar-refractivity contribution in [1.82, 2.24) is 4.57 Å². The number of alkyl halides is 3. The summed E-state index contributed by atoms with van der Waals surface area (Å²) in [6.07, 6.45) is -4.61. The molecule has 9 nitrogen and oxygen atoms in total. The topological polar surface area (TPSA) is 133 Å². The smallest absolute Gasteiger partial charge is 0.380 e. The zero-order valence-corrected chi connectivity index (χ0v) is 21.8. The Labute approximate surface area is 226 Å². The minimum Gasteiger partial charge on any atom is -0.380 e. The van der Waals surface area contributed by atoms with Crippen LogP contribution in [0.3, 0.4) is 0 Å². The molecule has 0 fully saturated rings. The number of fused-ring (bicyclic) bond motifs is 1. The van der Waals surface area contributed by atoms with Crippen LogP contribution in [-0.2, 0) is 32.2 Å². The first kappa shape index (κ1) is 28.4. The standard InChI is InChI=1S/C27H23F3N4O5S/c1-17(35)39-33-25(31)19-11-10-18-14-24(26(36)32-21-7-5-6-20(16-21)27(28,29)30)34(23(18)15-19)12-13-40(37,38)22-8-3-2-4-9-22/h2-11,14-16H,12-13H2,1H3,(H2,31,33)(H,32,36). The average molecular weight is 573 g/mol. The summed E-state index contributed by atoms with van der Waals surface area (Å²) in [5, 5.41) is 6.53. The Morgan fingerprint density at radius 3 is 2.40 bits per heavy atom. The molecule has 1 heterocycles. The summed E-state index contributed by atoms with van der Waals surface area (Å²) < 4.78 is 66.9. The number of halogens is 3. The Hall–Kier alpha value is -4.65. The van der Waals surface area contributed by atoms with E-state index < -0.39 is 33.5 Å². The SMILES string of the molecule is CC(=O)ON=C(N)c1ccc2cc(C(=O)Nc3cccc(C(F)(F)F)c3)n(CCS(=O)(=O)c3ccccc3)c2c1. The third-order valence-corrected chi connectivity index (χ3v) is 7.55. The van der Waals surface area contributed by atoms with E-state index in [-0.39, 0.29) is 34.4 Å². The lowest BCUT2D eigenvalue weighted by Crippen LogP contribution is -2.21. The molecule has 40 heavy (non-hydrogen) atoms. The Morgan fingerprint density at radius 1 is 1.00 bits per heavy atom. The predicted molar refractivity (Wildman–Crippen MR) is 142 cm³/mol. The van der Waals surface area contributed by atoms with Gasteiger partial charge in [0.15, 0.2) is 15.7 Å². The molecule has 0 radical (unpaired) electrons. The normalized spacial score (nSPS) is 12.3. The van der Waals surface area contributed by atoms with E-state index in [0.29, 0.717) is 16.5 Å². The van der Waals surface area contributed by atoms with Gasteiger partial charge in [-0.2, -0.15) is 13.2 Å².